The van der Waals surface area contributed by atoms with E-state index in [9.17, 15) is 23.1 Å². The predicted molar refractivity (Wildman–Crippen MR) is 147 cm³/mol. The van der Waals surface area contributed by atoms with Crippen LogP contribution in [0.2, 0.25) is 0 Å². The van der Waals surface area contributed by atoms with Crippen LogP contribution in [0.25, 0.3) is 11.3 Å². The van der Waals surface area contributed by atoms with Crippen LogP contribution in [0.1, 0.15) is 68.9 Å². The predicted octanol–water partition coefficient (Wildman–Crippen LogP) is 7.55. The standard InChI is InChI=1S/C31H35F3N2O5/c1-3-5-23(41-29-16-21(13-14-35-29)26(18-30(37)38)20-7-8-20)6-4-15-40-28-17-24(39-2)10-11-25(28)27-12-9-22(19-36-27)31(32,33)34/h9-14,16-17,19-20,23,26H,3-8,15,18H2,1-2H3,(H,37,38)/t23-,26?/m1/s1. The fourth-order valence-electron chi connectivity index (χ4n) is 4.89. The molecule has 0 aliphatic heterocycles. The molecule has 1 aliphatic rings. The molecule has 1 saturated carbocycles. The van der Waals surface area contributed by atoms with Gasteiger partial charge in [-0.15, -0.1) is 0 Å². The molecular weight excluding hydrogens is 537 g/mol. The number of ether oxygens (including phenoxy) is 3. The van der Waals surface area contributed by atoms with Gasteiger partial charge >= 0.3 is 12.1 Å². The number of nitrogens with zero attached hydrogens (tertiary/aromatic N) is 2. The van der Waals surface area contributed by atoms with Gasteiger partial charge in [-0.3, -0.25) is 9.78 Å². The van der Waals surface area contributed by atoms with Gasteiger partial charge in [0.05, 0.1) is 31.4 Å². The highest BCUT2D eigenvalue weighted by molar-refractivity contribution is 5.69. The first-order valence-corrected chi connectivity index (χ1v) is 13.9. The summed E-state index contributed by atoms with van der Waals surface area (Å²) in [7, 11) is 1.53. The summed E-state index contributed by atoms with van der Waals surface area (Å²) < 4.78 is 56.6. The Kier molecular flexibility index (Phi) is 10.1. The van der Waals surface area contributed by atoms with Crippen LogP contribution in [0.4, 0.5) is 13.2 Å². The lowest BCUT2D eigenvalue weighted by molar-refractivity contribution is -0.138. The summed E-state index contributed by atoms with van der Waals surface area (Å²) in [6.07, 6.45) is 3.17. The Morgan fingerprint density at radius 1 is 1.10 bits per heavy atom. The van der Waals surface area contributed by atoms with Gasteiger partial charge in [0.1, 0.15) is 17.6 Å². The summed E-state index contributed by atoms with van der Waals surface area (Å²) in [5, 5.41) is 9.35. The second kappa shape index (κ2) is 13.7. The lowest BCUT2D eigenvalue weighted by Crippen LogP contribution is -2.18. The van der Waals surface area contributed by atoms with Crippen LogP contribution in [-0.2, 0) is 11.0 Å². The normalized spacial score (nSPS) is 14.8. The average molecular weight is 573 g/mol. The Morgan fingerprint density at radius 3 is 2.54 bits per heavy atom. The molecule has 2 aromatic heterocycles. The quantitative estimate of drug-likeness (QED) is 0.188. The van der Waals surface area contributed by atoms with E-state index >= 15 is 0 Å². The summed E-state index contributed by atoms with van der Waals surface area (Å²) in [6, 6.07) is 11.2. The highest BCUT2D eigenvalue weighted by Crippen LogP contribution is 2.45. The minimum Gasteiger partial charge on any atom is -0.497 e. The molecule has 2 heterocycles. The van der Waals surface area contributed by atoms with Crippen molar-refractivity contribution in [1.29, 1.82) is 0 Å². The number of pyridine rings is 2. The van der Waals surface area contributed by atoms with Crippen molar-refractivity contribution in [3.05, 3.63) is 66.0 Å². The van der Waals surface area contributed by atoms with Gasteiger partial charge in [-0.25, -0.2) is 4.98 Å². The number of benzene rings is 1. The third kappa shape index (κ3) is 8.58. The number of carboxylic acids is 1. The maximum Gasteiger partial charge on any atom is 0.417 e. The van der Waals surface area contributed by atoms with E-state index in [0.717, 1.165) is 43.5 Å². The van der Waals surface area contributed by atoms with E-state index < -0.39 is 17.7 Å². The second-order valence-electron chi connectivity index (χ2n) is 10.3. The molecule has 2 atom stereocenters. The van der Waals surface area contributed by atoms with Crippen molar-refractivity contribution in [2.75, 3.05) is 13.7 Å². The maximum atomic E-state index is 13.0. The third-order valence-corrected chi connectivity index (χ3v) is 7.15. The molecule has 4 rings (SSSR count). The van der Waals surface area contributed by atoms with Gasteiger partial charge in [0.2, 0.25) is 5.88 Å². The number of hydrogen-bond donors (Lipinski definition) is 1. The molecule has 1 fully saturated rings. The summed E-state index contributed by atoms with van der Waals surface area (Å²) in [5.41, 5.74) is 1.06. The molecule has 1 aliphatic carbocycles. The zero-order valence-electron chi connectivity index (χ0n) is 23.2. The maximum absolute atomic E-state index is 13.0. The molecule has 10 heteroatoms. The average Bonchev–Trinajstić information content (AvgIpc) is 3.79. The van der Waals surface area contributed by atoms with Gasteiger partial charge < -0.3 is 19.3 Å². The monoisotopic (exact) mass is 572 g/mol. The third-order valence-electron chi connectivity index (χ3n) is 7.15. The molecule has 220 valence electrons. The van der Waals surface area contributed by atoms with Gasteiger partial charge in [-0.2, -0.15) is 13.2 Å². The molecule has 1 aromatic carbocycles. The van der Waals surface area contributed by atoms with Crippen LogP contribution < -0.4 is 14.2 Å². The number of aromatic nitrogens is 2. The molecule has 0 amide bonds. The second-order valence-corrected chi connectivity index (χ2v) is 10.3. The van der Waals surface area contributed by atoms with E-state index in [1.165, 1.54) is 13.2 Å². The Bertz CT molecular complexity index is 1300. The molecule has 0 saturated heterocycles. The number of carboxylic acid groups (broad SMARTS) is 1. The van der Waals surface area contributed by atoms with Crippen LogP contribution in [0.15, 0.2) is 54.9 Å². The van der Waals surface area contributed by atoms with Crippen LogP contribution in [0.3, 0.4) is 0 Å². The van der Waals surface area contributed by atoms with Crippen molar-refractivity contribution >= 4 is 5.97 Å². The van der Waals surface area contributed by atoms with Crippen LogP contribution in [-0.4, -0.2) is 40.9 Å². The summed E-state index contributed by atoms with van der Waals surface area (Å²) in [5.74, 6) is 1.06. The highest BCUT2D eigenvalue weighted by atomic mass is 19.4. The summed E-state index contributed by atoms with van der Waals surface area (Å²) in [4.78, 5) is 19.8. The molecule has 0 spiro atoms. The zero-order valence-corrected chi connectivity index (χ0v) is 23.2. The largest absolute Gasteiger partial charge is 0.497 e. The van der Waals surface area contributed by atoms with Crippen molar-refractivity contribution in [1.82, 2.24) is 9.97 Å². The SMILES string of the molecule is CCC[C@H](CCCOc1cc(OC)ccc1-c1ccc(C(F)(F)F)cn1)Oc1cc(C(CC(=O)O)C2CC2)ccn1. The molecule has 7 nitrogen and oxygen atoms in total. The zero-order chi connectivity index (χ0) is 29.4. The number of hydrogen-bond acceptors (Lipinski definition) is 6. The van der Waals surface area contributed by atoms with Crippen molar-refractivity contribution in [2.45, 2.75) is 70.1 Å². The van der Waals surface area contributed by atoms with Crippen LogP contribution in [0, 0.1) is 5.92 Å². The Morgan fingerprint density at radius 2 is 1.90 bits per heavy atom. The van der Waals surface area contributed by atoms with E-state index in [-0.39, 0.29) is 18.4 Å². The molecule has 0 bridgehead atoms. The molecular formula is C31H35F3N2O5. The number of methoxy groups -OCH3 is 1. The van der Waals surface area contributed by atoms with Crippen LogP contribution >= 0.6 is 0 Å². The Labute approximate surface area is 237 Å². The van der Waals surface area contributed by atoms with Crippen molar-refractivity contribution in [2.24, 2.45) is 5.92 Å². The van der Waals surface area contributed by atoms with E-state index in [4.69, 9.17) is 14.2 Å². The fraction of sp³-hybridized carbons (Fsp3) is 0.452. The highest BCUT2D eigenvalue weighted by Gasteiger charge is 2.34. The first kappa shape index (κ1) is 30.1. The minimum atomic E-state index is -4.46. The molecule has 41 heavy (non-hydrogen) atoms. The van der Waals surface area contributed by atoms with Crippen molar-refractivity contribution in [3.8, 4) is 28.6 Å². The van der Waals surface area contributed by atoms with E-state index in [0.29, 0.717) is 54.0 Å². The number of halogens is 3. The lowest BCUT2D eigenvalue weighted by atomic mass is 9.92. The molecule has 1 N–H and O–H groups in total. The molecule has 1 unspecified atom stereocenters. The Hall–Kier alpha value is -3.82. The summed E-state index contributed by atoms with van der Waals surface area (Å²) in [6.45, 7) is 2.42. The minimum absolute atomic E-state index is 0.0351. The first-order valence-electron chi connectivity index (χ1n) is 13.9. The fourth-order valence-corrected chi connectivity index (χ4v) is 4.89. The number of rotatable bonds is 15. The van der Waals surface area contributed by atoms with Crippen molar-refractivity contribution < 1.29 is 37.3 Å². The number of carbonyl (C=O) groups is 1. The summed E-state index contributed by atoms with van der Waals surface area (Å²) >= 11 is 0. The van der Waals surface area contributed by atoms with Gasteiger partial charge in [0.25, 0.3) is 0 Å². The van der Waals surface area contributed by atoms with Gasteiger partial charge in [0.15, 0.2) is 0 Å². The van der Waals surface area contributed by atoms with E-state index in [2.05, 4.69) is 16.9 Å². The van der Waals surface area contributed by atoms with Crippen LogP contribution in [0.5, 0.6) is 17.4 Å². The molecule has 3 aromatic rings. The van der Waals surface area contributed by atoms with E-state index in [1.807, 2.05) is 12.1 Å². The topological polar surface area (TPSA) is 90.8 Å². The van der Waals surface area contributed by atoms with Gasteiger partial charge in [0, 0.05) is 30.1 Å². The smallest absolute Gasteiger partial charge is 0.417 e. The Balaban J connectivity index is 1.39. The van der Waals surface area contributed by atoms with Crippen molar-refractivity contribution in [3.63, 3.8) is 0 Å². The van der Waals surface area contributed by atoms with Gasteiger partial charge in [-0.1, -0.05) is 13.3 Å². The number of aliphatic carboxylic acids is 1. The molecule has 0 radical (unpaired) electrons. The number of alkyl halides is 3. The first-order chi connectivity index (χ1) is 19.7. The van der Waals surface area contributed by atoms with Gasteiger partial charge in [-0.05, 0) is 79.8 Å². The lowest BCUT2D eigenvalue weighted by Gasteiger charge is -2.20. The van der Waals surface area contributed by atoms with E-state index in [1.54, 1.807) is 24.4 Å².